The minimum Gasteiger partial charge on any atom is -0.491 e. The van der Waals surface area contributed by atoms with Gasteiger partial charge in [0, 0.05) is 17.8 Å². The first kappa shape index (κ1) is 16.0. The summed E-state index contributed by atoms with van der Waals surface area (Å²) < 4.78 is 5.66. The van der Waals surface area contributed by atoms with Crippen molar-refractivity contribution in [3.63, 3.8) is 0 Å². The molecule has 6 heteroatoms. The Hall–Kier alpha value is -2.86. The zero-order valence-electron chi connectivity index (χ0n) is 13.3. The second kappa shape index (κ2) is 6.72. The summed E-state index contributed by atoms with van der Waals surface area (Å²) in [6.45, 7) is 1.64. The third-order valence-electron chi connectivity index (χ3n) is 3.73. The number of hydrogen-bond acceptors (Lipinski definition) is 4. The van der Waals surface area contributed by atoms with Crippen LogP contribution in [-0.2, 0) is 0 Å². The fourth-order valence-corrected chi connectivity index (χ4v) is 2.29. The van der Waals surface area contributed by atoms with Gasteiger partial charge in [-0.05, 0) is 31.2 Å². The average molecular weight is 325 g/mol. The number of para-hydroxylation sites is 1. The van der Waals surface area contributed by atoms with Crippen molar-refractivity contribution < 1.29 is 14.6 Å². The van der Waals surface area contributed by atoms with E-state index in [4.69, 9.17) is 4.74 Å². The maximum atomic E-state index is 12.5. The second-order valence-electron chi connectivity index (χ2n) is 5.91. The molecule has 1 aromatic carbocycles. The summed E-state index contributed by atoms with van der Waals surface area (Å²) in [4.78, 5) is 19.7. The molecule has 0 spiro atoms. The van der Waals surface area contributed by atoms with Crippen molar-refractivity contribution >= 4 is 16.9 Å². The summed E-state index contributed by atoms with van der Waals surface area (Å²) >= 11 is 0. The van der Waals surface area contributed by atoms with Gasteiger partial charge in [0.2, 0.25) is 0 Å². The van der Waals surface area contributed by atoms with Gasteiger partial charge in [-0.15, -0.1) is 0 Å². The molecule has 0 aliphatic heterocycles. The number of aliphatic hydroxyl groups is 1. The van der Waals surface area contributed by atoms with E-state index >= 15 is 0 Å². The monoisotopic (exact) mass is 325 g/mol. The van der Waals surface area contributed by atoms with Crippen LogP contribution in [0.5, 0.6) is 5.75 Å². The normalized spacial score (nSPS) is 13.4. The van der Waals surface area contributed by atoms with Crippen molar-refractivity contribution in [1.82, 2.24) is 15.3 Å². The molecule has 3 rings (SSSR count). The predicted octanol–water partition coefficient (Wildman–Crippen LogP) is 2.12. The van der Waals surface area contributed by atoms with Crippen molar-refractivity contribution in [3.8, 4) is 5.75 Å². The highest BCUT2D eigenvalue weighted by Crippen LogP contribution is 2.15. The van der Waals surface area contributed by atoms with E-state index in [2.05, 4.69) is 15.3 Å². The van der Waals surface area contributed by atoms with Crippen LogP contribution in [0.15, 0.2) is 54.9 Å². The van der Waals surface area contributed by atoms with E-state index in [1.165, 1.54) is 6.20 Å². The predicted molar refractivity (Wildman–Crippen MR) is 91.0 cm³/mol. The Labute approximate surface area is 139 Å². The Bertz CT molecular complexity index is 832. The van der Waals surface area contributed by atoms with Crippen molar-refractivity contribution in [3.05, 3.63) is 60.4 Å². The molecule has 1 unspecified atom stereocenters. The zero-order chi connectivity index (χ0) is 17.0. The summed E-state index contributed by atoms with van der Waals surface area (Å²) in [5.74, 6) is 0.376. The highest BCUT2D eigenvalue weighted by Gasteiger charge is 2.27. The topological polar surface area (TPSA) is 87.2 Å². The van der Waals surface area contributed by atoms with Crippen molar-refractivity contribution in [2.75, 3.05) is 13.2 Å². The van der Waals surface area contributed by atoms with Crippen LogP contribution in [0.25, 0.3) is 11.0 Å². The molecule has 0 bridgehead atoms. The third kappa shape index (κ3) is 3.55. The van der Waals surface area contributed by atoms with Gasteiger partial charge < -0.3 is 20.1 Å². The van der Waals surface area contributed by atoms with E-state index in [0.29, 0.717) is 11.3 Å². The number of H-pyrrole nitrogens is 1. The Balaban J connectivity index is 1.69. The van der Waals surface area contributed by atoms with E-state index < -0.39 is 5.54 Å². The van der Waals surface area contributed by atoms with Gasteiger partial charge in [0.05, 0.1) is 17.7 Å². The van der Waals surface area contributed by atoms with Gasteiger partial charge in [-0.2, -0.15) is 0 Å². The standard InChI is InChI=1S/C18H19N3O3/c1-18(11-22,12-24-15-5-3-2-4-6-15)21-17(23)14-9-13-7-8-19-16(13)20-10-14/h2-10,22H,11-12H2,1H3,(H,19,20)(H,21,23). The Morgan fingerprint density at radius 1 is 1.33 bits per heavy atom. The first-order chi connectivity index (χ1) is 11.6. The van der Waals surface area contributed by atoms with Gasteiger partial charge in [0.1, 0.15) is 18.0 Å². The lowest BCUT2D eigenvalue weighted by Crippen LogP contribution is -2.53. The summed E-state index contributed by atoms with van der Waals surface area (Å²) in [5, 5.41) is 13.4. The number of pyridine rings is 1. The van der Waals surface area contributed by atoms with Crippen molar-refractivity contribution in [2.24, 2.45) is 0 Å². The lowest BCUT2D eigenvalue weighted by atomic mass is 10.0. The molecule has 0 radical (unpaired) electrons. The van der Waals surface area contributed by atoms with Crippen LogP contribution in [0.3, 0.4) is 0 Å². The molecule has 1 amide bonds. The summed E-state index contributed by atoms with van der Waals surface area (Å²) in [7, 11) is 0. The molecule has 0 aliphatic rings. The van der Waals surface area contributed by atoms with Gasteiger partial charge in [-0.25, -0.2) is 4.98 Å². The van der Waals surface area contributed by atoms with E-state index in [-0.39, 0.29) is 19.1 Å². The number of aromatic amines is 1. The van der Waals surface area contributed by atoms with Crippen molar-refractivity contribution in [2.45, 2.75) is 12.5 Å². The minimum absolute atomic E-state index is 0.152. The van der Waals surface area contributed by atoms with Crippen LogP contribution >= 0.6 is 0 Å². The molecule has 0 saturated carbocycles. The van der Waals surface area contributed by atoms with Crippen LogP contribution in [0.2, 0.25) is 0 Å². The molecular weight excluding hydrogens is 306 g/mol. The lowest BCUT2D eigenvalue weighted by molar-refractivity contribution is 0.0758. The molecule has 124 valence electrons. The number of hydrogen-bond donors (Lipinski definition) is 3. The smallest absolute Gasteiger partial charge is 0.253 e. The first-order valence-electron chi connectivity index (χ1n) is 7.64. The quantitative estimate of drug-likeness (QED) is 0.648. The number of carbonyl (C=O) groups excluding carboxylic acids is 1. The fourth-order valence-electron chi connectivity index (χ4n) is 2.29. The Morgan fingerprint density at radius 3 is 2.88 bits per heavy atom. The minimum atomic E-state index is -0.903. The van der Waals surface area contributed by atoms with Crippen LogP contribution in [0.4, 0.5) is 0 Å². The summed E-state index contributed by atoms with van der Waals surface area (Å²) in [6, 6.07) is 12.9. The van der Waals surface area contributed by atoms with E-state index in [0.717, 1.165) is 11.0 Å². The largest absolute Gasteiger partial charge is 0.491 e. The van der Waals surface area contributed by atoms with E-state index in [1.807, 2.05) is 36.4 Å². The Morgan fingerprint density at radius 2 is 2.12 bits per heavy atom. The molecule has 1 atom stereocenters. The van der Waals surface area contributed by atoms with Gasteiger partial charge >= 0.3 is 0 Å². The molecule has 0 aliphatic carbocycles. The highest BCUT2D eigenvalue weighted by atomic mass is 16.5. The average Bonchev–Trinajstić information content (AvgIpc) is 3.08. The van der Waals surface area contributed by atoms with E-state index in [1.54, 1.807) is 19.2 Å². The number of aromatic nitrogens is 2. The highest BCUT2D eigenvalue weighted by molar-refractivity contribution is 5.97. The fraction of sp³-hybridized carbons (Fsp3) is 0.222. The molecule has 24 heavy (non-hydrogen) atoms. The molecule has 6 nitrogen and oxygen atoms in total. The number of benzene rings is 1. The van der Waals surface area contributed by atoms with Crippen LogP contribution in [0.1, 0.15) is 17.3 Å². The van der Waals surface area contributed by atoms with Crippen LogP contribution < -0.4 is 10.1 Å². The molecule has 0 saturated heterocycles. The number of nitrogens with one attached hydrogen (secondary N) is 2. The number of rotatable bonds is 6. The molecule has 3 N–H and O–H groups in total. The van der Waals surface area contributed by atoms with Gasteiger partial charge in [0.25, 0.3) is 5.91 Å². The van der Waals surface area contributed by atoms with Gasteiger partial charge in [-0.1, -0.05) is 18.2 Å². The molecule has 2 aromatic heterocycles. The zero-order valence-corrected chi connectivity index (χ0v) is 13.3. The number of amides is 1. The number of nitrogens with zero attached hydrogens (tertiary/aromatic N) is 1. The van der Waals surface area contributed by atoms with Crippen LogP contribution in [-0.4, -0.2) is 39.7 Å². The maximum absolute atomic E-state index is 12.5. The first-order valence-corrected chi connectivity index (χ1v) is 7.64. The third-order valence-corrected chi connectivity index (χ3v) is 3.73. The number of ether oxygens (including phenoxy) is 1. The van der Waals surface area contributed by atoms with E-state index in [9.17, 15) is 9.90 Å². The number of carbonyl (C=O) groups is 1. The number of fused-ring (bicyclic) bond motifs is 1. The molecular formula is C18H19N3O3. The molecule has 0 fully saturated rings. The second-order valence-corrected chi connectivity index (χ2v) is 5.91. The van der Waals surface area contributed by atoms with Gasteiger partial charge in [0.15, 0.2) is 0 Å². The summed E-state index contributed by atoms with van der Waals surface area (Å²) in [5.41, 5.74) is 0.255. The Kier molecular flexibility index (Phi) is 4.48. The molecule has 3 aromatic rings. The van der Waals surface area contributed by atoms with Gasteiger partial charge in [-0.3, -0.25) is 4.79 Å². The SMILES string of the molecule is CC(CO)(COc1ccccc1)NC(=O)c1cnc2[nH]ccc2c1. The maximum Gasteiger partial charge on any atom is 0.253 e. The summed E-state index contributed by atoms with van der Waals surface area (Å²) in [6.07, 6.45) is 3.27. The lowest BCUT2D eigenvalue weighted by Gasteiger charge is -2.28. The van der Waals surface area contributed by atoms with Crippen LogP contribution in [0, 0.1) is 0 Å². The molecule has 2 heterocycles. The van der Waals surface area contributed by atoms with Crippen molar-refractivity contribution in [1.29, 1.82) is 0 Å². The number of aliphatic hydroxyl groups excluding tert-OH is 1.